The highest BCUT2D eigenvalue weighted by molar-refractivity contribution is 6.01. The standard InChI is InChI=1S/C19H27N3O2.ClH/c1-12-5-4-6-17(14(12)3)22-11-16(8-18(22)23)19(24)21-10-15(9-20)7-13(21)2;/h4-6,13,15-16H,7-11,20H2,1-3H3;1H. The summed E-state index contributed by atoms with van der Waals surface area (Å²) in [6.45, 7) is 7.98. The van der Waals surface area contributed by atoms with E-state index < -0.39 is 0 Å². The summed E-state index contributed by atoms with van der Waals surface area (Å²) in [4.78, 5) is 29.1. The minimum Gasteiger partial charge on any atom is -0.339 e. The molecule has 2 amide bonds. The molecule has 0 bridgehead atoms. The third-order valence-corrected chi connectivity index (χ3v) is 5.62. The highest BCUT2D eigenvalue weighted by Crippen LogP contribution is 2.32. The summed E-state index contributed by atoms with van der Waals surface area (Å²) in [5.74, 6) is 0.302. The van der Waals surface area contributed by atoms with E-state index in [1.165, 1.54) is 0 Å². The van der Waals surface area contributed by atoms with Crippen LogP contribution in [0.5, 0.6) is 0 Å². The molecule has 1 aromatic carbocycles. The number of carbonyl (C=O) groups is 2. The van der Waals surface area contributed by atoms with Gasteiger partial charge < -0.3 is 15.5 Å². The number of amides is 2. The Morgan fingerprint density at radius 3 is 2.64 bits per heavy atom. The first kappa shape index (κ1) is 19.7. The molecule has 3 atom stereocenters. The van der Waals surface area contributed by atoms with Gasteiger partial charge in [0.1, 0.15) is 0 Å². The van der Waals surface area contributed by atoms with E-state index in [2.05, 4.69) is 6.92 Å². The maximum atomic E-state index is 12.9. The van der Waals surface area contributed by atoms with Crippen molar-refractivity contribution >= 4 is 29.9 Å². The second-order valence-corrected chi connectivity index (χ2v) is 7.30. The van der Waals surface area contributed by atoms with E-state index in [0.29, 0.717) is 25.4 Å². The zero-order valence-corrected chi connectivity index (χ0v) is 16.0. The van der Waals surface area contributed by atoms with Crippen LogP contribution in [0, 0.1) is 25.7 Å². The molecular formula is C19H28ClN3O2. The first-order chi connectivity index (χ1) is 11.4. The number of carbonyl (C=O) groups excluding carboxylic acids is 2. The molecule has 2 N–H and O–H groups in total. The van der Waals surface area contributed by atoms with Gasteiger partial charge in [0.25, 0.3) is 0 Å². The molecular weight excluding hydrogens is 338 g/mol. The molecule has 5 nitrogen and oxygen atoms in total. The maximum absolute atomic E-state index is 12.9. The molecule has 0 saturated carbocycles. The number of halogens is 1. The van der Waals surface area contributed by atoms with Gasteiger partial charge in [0.15, 0.2) is 0 Å². The lowest BCUT2D eigenvalue weighted by molar-refractivity contribution is -0.136. The van der Waals surface area contributed by atoms with E-state index in [1.807, 2.05) is 36.9 Å². The molecule has 25 heavy (non-hydrogen) atoms. The van der Waals surface area contributed by atoms with Crippen molar-refractivity contribution in [2.75, 3.05) is 24.5 Å². The number of nitrogens with two attached hydrogens (primary N) is 1. The van der Waals surface area contributed by atoms with Crippen molar-refractivity contribution in [3.63, 3.8) is 0 Å². The Morgan fingerprint density at radius 2 is 2.00 bits per heavy atom. The molecule has 0 aromatic heterocycles. The molecule has 3 unspecified atom stereocenters. The quantitative estimate of drug-likeness (QED) is 0.893. The minimum absolute atomic E-state index is 0. The lowest BCUT2D eigenvalue weighted by Crippen LogP contribution is -2.40. The fourth-order valence-corrected chi connectivity index (χ4v) is 3.99. The minimum atomic E-state index is -0.239. The smallest absolute Gasteiger partial charge is 0.228 e. The third-order valence-electron chi connectivity index (χ3n) is 5.62. The monoisotopic (exact) mass is 365 g/mol. The second kappa shape index (κ2) is 7.75. The van der Waals surface area contributed by atoms with Crippen molar-refractivity contribution < 1.29 is 9.59 Å². The highest BCUT2D eigenvalue weighted by Gasteiger charge is 2.41. The Balaban J connectivity index is 0.00000225. The van der Waals surface area contributed by atoms with E-state index in [0.717, 1.165) is 29.8 Å². The number of likely N-dealkylation sites (tertiary alicyclic amines) is 1. The number of hydrogen-bond donors (Lipinski definition) is 1. The summed E-state index contributed by atoms with van der Waals surface area (Å²) in [6, 6.07) is 6.20. The first-order valence-electron chi connectivity index (χ1n) is 8.79. The number of nitrogens with zero attached hydrogens (tertiary/aromatic N) is 2. The molecule has 6 heteroatoms. The van der Waals surface area contributed by atoms with Gasteiger partial charge in [-0.2, -0.15) is 0 Å². The Hall–Kier alpha value is -1.59. The van der Waals surface area contributed by atoms with Crippen LogP contribution in [0.2, 0.25) is 0 Å². The molecule has 1 aromatic rings. The summed E-state index contributed by atoms with van der Waals surface area (Å²) in [7, 11) is 0. The van der Waals surface area contributed by atoms with Gasteiger partial charge in [-0.1, -0.05) is 12.1 Å². The molecule has 138 valence electrons. The van der Waals surface area contributed by atoms with Gasteiger partial charge in [-0.25, -0.2) is 0 Å². The Bertz CT molecular complexity index is 664. The van der Waals surface area contributed by atoms with Crippen molar-refractivity contribution in [3.8, 4) is 0 Å². The first-order valence-corrected chi connectivity index (χ1v) is 8.79. The third kappa shape index (κ3) is 3.67. The highest BCUT2D eigenvalue weighted by atomic mass is 35.5. The van der Waals surface area contributed by atoms with Crippen LogP contribution in [-0.4, -0.2) is 42.4 Å². The second-order valence-electron chi connectivity index (χ2n) is 7.30. The molecule has 0 aliphatic carbocycles. The number of anilines is 1. The van der Waals surface area contributed by atoms with Gasteiger partial charge in [0.05, 0.1) is 5.92 Å². The Labute approximate surface area is 155 Å². The fraction of sp³-hybridized carbons (Fsp3) is 0.579. The van der Waals surface area contributed by atoms with Crippen LogP contribution < -0.4 is 10.6 Å². The number of hydrogen-bond acceptors (Lipinski definition) is 3. The van der Waals surface area contributed by atoms with Crippen LogP contribution in [0.3, 0.4) is 0 Å². The molecule has 2 saturated heterocycles. The lowest BCUT2D eigenvalue weighted by atomic mass is 10.1. The topological polar surface area (TPSA) is 66.6 Å². The molecule has 2 aliphatic heterocycles. The average molecular weight is 366 g/mol. The van der Waals surface area contributed by atoms with Crippen LogP contribution in [0.4, 0.5) is 5.69 Å². The van der Waals surface area contributed by atoms with Gasteiger partial charge in [0.2, 0.25) is 11.8 Å². The van der Waals surface area contributed by atoms with Gasteiger partial charge >= 0.3 is 0 Å². The Morgan fingerprint density at radius 1 is 1.28 bits per heavy atom. The van der Waals surface area contributed by atoms with Crippen LogP contribution in [-0.2, 0) is 9.59 Å². The summed E-state index contributed by atoms with van der Waals surface area (Å²) < 4.78 is 0. The molecule has 2 fully saturated rings. The van der Waals surface area contributed by atoms with Gasteiger partial charge in [0, 0.05) is 31.2 Å². The molecule has 2 heterocycles. The normalized spacial score (nSPS) is 26.1. The Kier molecular flexibility index (Phi) is 6.12. The van der Waals surface area contributed by atoms with Crippen molar-refractivity contribution in [1.29, 1.82) is 0 Å². The predicted octanol–water partition coefficient (Wildman–Crippen LogP) is 2.27. The van der Waals surface area contributed by atoms with E-state index in [4.69, 9.17) is 5.73 Å². The van der Waals surface area contributed by atoms with Crippen LogP contribution in [0.25, 0.3) is 0 Å². The van der Waals surface area contributed by atoms with Crippen molar-refractivity contribution in [1.82, 2.24) is 4.90 Å². The zero-order valence-electron chi connectivity index (χ0n) is 15.2. The predicted molar refractivity (Wildman–Crippen MR) is 102 cm³/mol. The molecule has 2 aliphatic rings. The summed E-state index contributed by atoms with van der Waals surface area (Å²) in [6.07, 6.45) is 1.27. The largest absolute Gasteiger partial charge is 0.339 e. The van der Waals surface area contributed by atoms with Gasteiger partial charge in [-0.15, -0.1) is 12.4 Å². The summed E-state index contributed by atoms with van der Waals surface area (Å²) in [5, 5.41) is 0. The van der Waals surface area contributed by atoms with Gasteiger partial charge in [-0.05, 0) is 56.8 Å². The lowest BCUT2D eigenvalue weighted by Gasteiger charge is -2.25. The SMILES string of the molecule is Cc1cccc(N2CC(C(=O)N3CC(CN)CC3C)CC2=O)c1C.Cl. The van der Waals surface area contributed by atoms with Crippen molar-refractivity contribution in [3.05, 3.63) is 29.3 Å². The average Bonchev–Trinajstić information content (AvgIpc) is 3.12. The maximum Gasteiger partial charge on any atom is 0.228 e. The molecule has 0 spiro atoms. The van der Waals surface area contributed by atoms with Crippen LogP contribution in [0.1, 0.15) is 30.9 Å². The van der Waals surface area contributed by atoms with Crippen molar-refractivity contribution in [2.24, 2.45) is 17.6 Å². The zero-order chi connectivity index (χ0) is 17.4. The number of rotatable bonds is 3. The molecule has 3 rings (SSSR count). The van der Waals surface area contributed by atoms with Crippen molar-refractivity contribution in [2.45, 2.75) is 39.7 Å². The number of benzene rings is 1. The molecule has 0 radical (unpaired) electrons. The van der Waals surface area contributed by atoms with Crippen LogP contribution in [0.15, 0.2) is 18.2 Å². The summed E-state index contributed by atoms with van der Waals surface area (Å²) >= 11 is 0. The van der Waals surface area contributed by atoms with E-state index in [-0.39, 0.29) is 36.2 Å². The van der Waals surface area contributed by atoms with Gasteiger partial charge in [-0.3, -0.25) is 9.59 Å². The fourth-order valence-electron chi connectivity index (χ4n) is 3.99. The van der Waals surface area contributed by atoms with E-state index >= 15 is 0 Å². The number of aryl methyl sites for hydroxylation is 1. The van der Waals surface area contributed by atoms with Crippen LogP contribution >= 0.6 is 12.4 Å². The van der Waals surface area contributed by atoms with E-state index in [9.17, 15) is 9.59 Å². The summed E-state index contributed by atoms with van der Waals surface area (Å²) in [5.41, 5.74) is 8.97. The van der Waals surface area contributed by atoms with E-state index in [1.54, 1.807) is 4.90 Å².